The monoisotopic (exact) mass is 380 g/mol. The summed E-state index contributed by atoms with van der Waals surface area (Å²) in [5.41, 5.74) is 0.760. The zero-order valence-corrected chi connectivity index (χ0v) is 17.1. The molecule has 0 fully saturated rings. The van der Waals surface area contributed by atoms with Gasteiger partial charge in [-0.15, -0.1) is 0 Å². The second kappa shape index (κ2) is 10.7. The molecule has 1 rings (SSSR count). The first-order valence-corrected chi connectivity index (χ1v) is 9.50. The summed E-state index contributed by atoms with van der Waals surface area (Å²) in [4.78, 5) is 37.1. The van der Waals surface area contributed by atoms with E-state index in [-0.39, 0.29) is 23.8 Å². The summed E-state index contributed by atoms with van der Waals surface area (Å²) in [5.74, 6) is -0.972. The summed E-state index contributed by atoms with van der Waals surface area (Å²) >= 11 is 0. The molecule has 27 heavy (non-hydrogen) atoms. The molecule has 0 bridgehead atoms. The maximum Gasteiger partial charge on any atom is 0.408 e. The highest BCUT2D eigenvalue weighted by molar-refractivity contribution is 6.42. The number of anilines is 1. The number of amides is 2. The molecule has 3 N–H and O–H groups in total. The van der Waals surface area contributed by atoms with Crippen molar-refractivity contribution in [3.8, 4) is 0 Å². The SMILES string of the molecule is CCCC[C@H](NC(=O)OC(C(C)C)C(C)C)C(=O)C(=O)Nc1cc(C)[nH]n1. The maximum atomic E-state index is 12.5. The molecule has 1 heterocycles. The van der Waals surface area contributed by atoms with Gasteiger partial charge in [-0.05, 0) is 25.2 Å². The number of unbranched alkanes of at least 4 members (excludes halogenated alkanes) is 1. The van der Waals surface area contributed by atoms with E-state index < -0.39 is 23.8 Å². The van der Waals surface area contributed by atoms with Crippen LogP contribution in [0, 0.1) is 18.8 Å². The van der Waals surface area contributed by atoms with Crippen LogP contribution >= 0.6 is 0 Å². The second-order valence-corrected chi connectivity index (χ2v) is 7.45. The molecule has 0 saturated carbocycles. The molecule has 1 aromatic rings. The van der Waals surface area contributed by atoms with Crippen LogP contribution < -0.4 is 10.6 Å². The Bertz CT molecular complexity index is 631. The molecule has 2 amide bonds. The fourth-order valence-corrected chi connectivity index (χ4v) is 2.84. The number of ketones is 1. The Labute approximate surface area is 160 Å². The van der Waals surface area contributed by atoms with Crippen molar-refractivity contribution in [2.75, 3.05) is 5.32 Å². The van der Waals surface area contributed by atoms with Crippen LogP contribution in [0.15, 0.2) is 6.07 Å². The molecule has 0 radical (unpaired) electrons. The van der Waals surface area contributed by atoms with Gasteiger partial charge in [-0.3, -0.25) is 14.7 Å². The molecule has 0 aliphatic carbocycles. The van der Waals surface area contributed by atoms with Gasteiger partial charge in [0.1, 0.15) is 12.1 Å². The molecule has 0 spiro atoms. The fourth-order valence-electron chi connectivity index (χ4n) is 2.84. The number of aromatic amines is 1. The first-order valence-electron chi connectivity index (χ1n) is 9.50. The molecular formula is C19H32N4O4. The molecule has 0 unspecified atom stereocenters. The minimum absolute atomic E-state index is 0.145. The molecule has 0 aliphatic rings. The van der Waals surface area contributed by atoms with Crippen LogP contribution in [0.3, 0.4) is 0 Å². The minimum Gasteiger partial charge on any atom is -0.446 e. The highest BCUT2D eigenvalue weighted by Gasteiger charge is 2.29. The van der Waals surface area contributed by atoms with E-state index in [2.05, 4.69) is 20.8 Å². The number of nitrogens with one attached hydrogen (secondary N) is 3. The number of ether oxygens (including phenoxy) is 1. The quantitative estimate of drug-likeness (QED) is 0.540. The summed E-state index contributed by atoms with van der Waals surface area (Å²) in [6.07, 6.45) is 0.948. The number of H-pyrrole nitrogens is 1. The molecule has 1 atom stereocenters. The lowest BCUT2D eigenvalue weighted by Gasteiger charge is -2.26. The van der Waals surface area contributed by atoms with Crippen molar-refractivity contribution in [3.05, 3.63) is 11.8 Å². The normalized spacial score (nSPS) is 12.3. The highest BCUT2D eigenvalue weighted by atomic mass is 16.6. The molecule has 8 nitrogen and oxygen atoms in total. The zero-order valence-electron chi connectivity index (χ0n) is 17.1. The lowest BCUT2D eigenvalue weighted by Crippen LogP contribution is -2.47. The fraction of sp³-hybridized carbons (Fsp3) is 0.684. The largest absolute Gasteiger partial charge is 0.446 e. The average Bonchev–Trinajstić information content (AvgIpc) is 2.99. The van der Waals surface area contributed by atoms with Gasteiger partial charge >= 0.3 is 6.09 Å². The standard InChI is InChI=1S/C19H32N4O4/c1-7-8-9-14(20-19(26)27-17(11(2)3)12(4)5)16(24)18(25)21-15-10-13(6)22-23-15/h10-12,14,17H,7-9H2,1-6H3,(H,20,26)(H2,21,22,23,25)/t14-/m0/s1. The molecule has 152 valence electrons. The van der Waals surface area contributed by atoms with Crippen LogP contribution in [0.25, 0.3) is 0 Å². The first kappa shape index (κ1) is 22.7. The van der Waals surface area contributed by atoms with Crippen molar-refractivity contribution in [1.29, 1.82) is 0 Å². The van der Waals surface area contributed by atoms with Crippen molar-refractivity contribution in [1.82, 2.24) is 15.5 Å². The lowest BCUT2D eigenvalue weighted by molar-refractivity contribution is -0.136. The van der Waals surface area contributed by atoms with Crippen LogP contribution in [0.2, 0.25) is 0 Å². The van der Waals surface area contributed by atoms with Gasteiger partial charge in [0.25, 0.3) is 5.91 Å². The number of alkyl carbamates (subject to hydrolysis) is 1. The van der Waals surface area contributed by atoms with E-state index in [9.17, 15) is 14.4 Å². The van der Waals surface area contributed by atoms with Crippen LogP contribution in [-0.4, -0.2) is 40.1 Å². The minimum atomic E-state index is -0.933. The van der Waals surface area contributed by atoms with Gasteiger partial charge in [0, 0.05) is 11.8 Å². The van der Waals surface area contributed by atoms with E-state index in [1.165, 1.54) is 0 Å². The number of aromatic nitrogens is 2. The maximum absolute atomic E-state index is 12.5. The Morgan fingerprint density at radius 1 is 1.19 bits per heavy atom. The van der Waals surface area contributed by atoms with Crippen molar-refractivity contribution < 1.29 is 19.1 Å². The number of carbonyl (C=O) groups excluding carboxylic acids is 3. The van der Waals surface area contributed by atoms with Crippen LogP contribution in [0.5, 0.6) is 0 Å². The average molecular weight is 380 g/mol. The van der Waals surface area contributed by atoms with Gasteiger partial charge < -0.3 is 15.4 Å². The Kier molecular flexibility index (Phi) is 8.97. The summed E-state index contributed by atoms with van der Waals surface area (Å²) in [7, 11) is 0. The van der Waals surface area contributed by atoms with E-state index >= 15 is 0 Å². The van der Waals surface area contributed by atoms with Crippen LogP contribution in [0.1, 0.15) is 59.6 Å². The number of aryl methyl sites for hydroxylation is 1. The van der Waals surface area contributed by atoms with Gasteiger partial charge in [-0.2, -0.15) is 5.10 Å². The van der Waals surface area contributed by atoms with Crippen molar-refractivity contribution in [2.45, 2.75) is 73.0 Å². The Balaban J connectivity index is 2.76. The number of nitrogens with zero attached hydrogens (tertiary/aromatic N) is 1. The number of hydrogen-bond donors (Lipinski definition) is 3. The molecule has 0 aromatic carbocycles. The summed E-state index contributed by atoms with van der Waals surface area (Å²) in [6.45, 7) is 11.6. The van der Waals surface area contributed by atoms with Gasteiger partial charge in [0.2, 0.25) is 5.78 Å². The summed E-state index contributed by atoms with van der Waals surface area (Å²) < 4.78 is 5.48. The van der Waals surface area contributed by atoms with Crippen LogP contribution in [0.4, 0.5) is 10.6 Å². The number of rotatable bonds is 10. The lowest BCUT2D eigenvalue weighted by atomic mass is 9.96. The van der Waals surface area contributed by atoms with Gasteiger partial charge in [0.05, 0.1) is 0 Å². The Hall–Kier alpha value is -2.38. The second-order valence-electron chi connectivity index (χ2n) is 7.45. The van der Waals surface area contributed by atoms with E-state index in [4.69, 9.17) is 4.74 Å². The number of Topliss-reactive ketones (excluding diaryl/α,β-unsaturated/α-hetero) is 1. The molecule has 1 aromatic heterocycles. The van der Waals surface area contributed by atoms with Crippen LogP contribution in [-0.2, 0) is 14.3 Å². The molecule has 8 heteroatoms. The van der Waals surface area contributed by atoms with E-state index in [0.717, 1.165) is 12.1 Å². The molecule has 0 aliphatic heterocycles. The smallest absolute Gasteiger partial charge is 0.408 e. The third-order valence-electron chi connectivity index (χ3n) is 4.18. The molecular weight excluding hydrogens is 348 g/mol. The van der Waals surface area contributed by atoms with E-state index in [1.807, 2.05) is 34.6 Å². The third kappa shape index (κ3) is 7.40. The van der Waals surface area contributed by atoms with E-state index in [1.54, 1.807) is 13.0 Å². The van der Waals surface area contributed by atoms with Crippen molar-refractivity contribution in [2.24, 2.45) is 11.8 Å². The summed E-state index contributed by atoms with van der Waals surface area (Å²) in [6, 6.07) is 0.682. The predicted molar refractivity (Wildman–Crippen MR) is 103 cm³/mol. The Morgan fingerprint density at radius 2 is 1.81 bits per heavy atom. The van der Waals surface area contributed by atoms with E-state index in [0.29, 0.717) is 12.8 Å². The highest BCUT2D eigenvalue weighted by Crippen LogP contribution is 2.16. The zero-order chi connectivity index (χ0) is 20.6. The topological polar surface area (TPSA) is 113 Å². The van der Waals surface area contributed by atoms with Gasteiger partial charge in [-0.25, -0.2) is 4.79 Å². The van der Waals surface area contributed by atoms with Crippen molar-refractivity contribution in [3.63, 3.8) is 0 Å². The van der Waals surface area contributed by atoms with Gasteiger partial charge in [0.15, 0.2) is 5.82 Å². The van der Waals surface area contributed by atoms with Gasteiger partial charge in [-0.1, -0.05) is 47.5 Å². The number of carbonyl (C=O) groups is 3. The summed E-state index contributed by atoms with van der Waals surface area (Å²) in [5, 5.41) is 11.6. The third-order valence-corrected chi connectivity index (χ3v) is 4.18. The Morgan fingerprint density at radius 3 is 2.30 bits per heavy atom. The van der Waals surface area contributed by atoms with Crippen molar-refractivity contribution >= 4 is 23.6 Å². The predicted octanol–water partition coefficient (Wildman–Crippen LogP) is 3.19. The molecule has 0 saturated heterocycles. The first-order chi connectivity index (χ1) is 12.6. The number of hydrogen-bond acceptors (Lipinski definition) is 5.